The maximum atomic E-state index is 15.8. The molecule has 0 aliphatic carbocycles. The van der Waals surface area contributed by atoms with Crippen LogP contribution in [0.15, 0.2) is 54.7 Å². The number of benzene rings is 2. The van der Waals surface area contributed by atoms with Crippen molar-refractivity contribution in [2.45, 2.75) is 32.4 Å². The number of pyridine rings is 1. The molecule has 2 aromatic carbocycles. The largest absolute Gasteiger partial charge is 0.383 e. The van der Waals surface area contributed by atoms with Crippen molar-refractivity contribution in [3.8, 4) is 6.07 Å². The first-order chi connectivity index (χ1) is 18.2. The highest BCUT2D eigenvalue weighted by Gasteiger charge is 2.36. The Labute approximate surface area is 223 Å². The number of amides is 1. The number of halogens is 1. The summed E-state index contributed by atoms with van der Waals surface area (Å²) in [5.41, 5.74) is 3.94. The summed E-state index contributed by atoms with van der Waals surface area (Å²) in [6, 6.07) is 16.5. The quantitative estimate of drug-likeness (QED) is 0.434. The fourth-order valence-electron chi connectivity index (χ4n) is 4.83. The summed E-state index contributed by atoms with van der Waals surface area (Å²) in [5.74, 6) is 0.533. The Morgan fingerprint density at radius 1 is 1.16 bits per heavy atom. The zero-order valence-electron chi connectivity index (χ0n) is 22.4. The molecule has 0 unspecified atom stereocenters. The van der Waals surface area contributed by atoms with Crippen molar-refractivity contribution >= 4 is 23.1 Å². The zero-order valence-corrected chi connectivity index (χ0v) is 22.4. The molecule has 198 valence electrons. The molecule has 0 bridgehead atoms. The van der Waals surface area contributed by atoms with E-state index < -0.39 is 5.67 Å². The van der Waals surface area contributed by atoms with E-state index in [-0.39, 0.29) is 5.91 Å². The predicted molar refractivity (Wildman–Crippen MR) is 149 cm³/mol. The number of ether oxygens (including phenoxy) is 1. The van der Waals surface area contributed by atoms with E-state index in [0.717, 1.165) is 28.3 Å². The minimum absolute atomic E-state index is 0.233. The predicted octanol–water partition coefficient (Wildman–Crippen LogP) is 5.37. The van der Waals surface area contributed by atoms with E-state index in [4.69, 9.17) is 10.00 Å². The highest BCUT2D eigenvalue weighted by Crippen LogP contribution is 2.39. The Balaban J connectivity index is 1.45. The van der Waals surface area contributed by atoms with Gasteiger partial charge in [-0.15, -0.1) is 0 Å². The number of nitriles is 1. The van der Waals surface area contributed by atoms with Gasteiger partial charge in [0.2, 0.25) is 0 Å². The van der Waals surface area contributed by atoms with Gasteiger partial charge in [-0.1, -0.05) is 18.2 Å². The second-order valence-electron chi connectivity index (χ2n) is 9.87. The fraction of sp³-hybridized carbons (Fsp3) is 0.367. The number of aromatic nitrogens is 1. The van der Waals surface area contributed by atoms with Gasteiger partial charge in [0.15, 0.2) is 0 Å². The monoisotopic (exact) mass is 515 g/mol. The summed E-state index contributed by atoms with van der Waals surface area (Å²) in [6.45, 7) is 6.40. The maximum absolute atomic E-state index is 15.8. The Bertz CT molecular complexity index is 1310. The van der Waals surface area contributed by atoms with Gasteiger partial charge in [-0.3, -0.25) is 4.79 Å². The lowest BCUT2D eigenvalue weighted by molar-refractivity contribution is 0.102. The normalized spacial score (nSPS) is 14.6. The molecule has 1 aliphatic heterocycles. The van der Waals surface area contributed by atoms with Crippen LogP contribution in [0.3, 0.4) is 0 Å². The molecular weight excluding hydrogens is 481 g/mol. The minimum Gasteiger partial charge on any atom is -0.383 e. The molecule has 0 atom stereocenters. The van der Waals surface area contributed by atoms with Gasteiger partial charge in [0.05, 0.1) is 23.8 Å². The molecule has 1 aliphatic rings. The van der Waals surface area contributed by atoms with E-state index >= 15 is 4.39 Å². The Morgan fingerprint density at radius 2 is 1.87 bits per heavy atom. The first kappa shape index (κ1) is 27.1. The average Bonchev–Trinajstić information content (AvgIpc) is 2.94. The lowest BCUT2D eigenvalue weighted by atomic mass is 9.85. The summed E-state index contributed by atoms with van der Waals surface area (Å²) in [5, 5.41) is 12.1. The Kier molecular flexibility index (Phi) is 8.28. The van der Waals surface area contributed by atoms with Crippen LogP contribution < -0.4 is 15.1 Å². The van der Waals surface area contributed by atoms with E-state index in [1.165, 1.54) is 0 Å². The molecule has 1 fully saturated rings. The van der Waals surface area contributed by atoms with Gasteiger partial charge in [-0.25, -0.2) is 9.37 Å². The third-order valence-corrected chi connectivity index (χ3v) is 7.25. The average molecular weight is 516 g/mol. The number of rotatable bonds is 8. The molecule has 8 heteroatoms. The summed E-state index contributed by atoms with van der Waals surface area (Å²) in [7, 11) is 3.58. The molecule has 7 nitrogen and oxygen atoms in total. The fourth-order valence-corrected chi connectivity index (χ4v) is 4.83. The lowest BCUT2D eigenvalue weighted by Gasteiger charge is -2.38. The van der Waals surface area contributed by atoms with E-state index in [9.17, 15) is 4.79 Å². The van der Waals surface area contributed by atoms with Crippen molar-refractivity contribution in [3.63, 3.8) is 0 Å². The number of methoxy groups -OCH3 is 1. The number of carbonyl (C=O) groups is 1. The first-order valence-corrected chi connectivity index (χ1v) is 12.8. The number of piperidine rings is 1. The van der Waals surface area contributed by atoms with Crippen molar-refractivity contribution in [1.29, 1.82) is 5.26 Å². The van der Waals surface area contributed by atoms with Crippen LogP contribution in [0.2, 0.25) is 0 Å². The zero-order chi connectivity index (χ0) is 27.3. The van der Waals surface area contributed by atoms with Crippen LogP contribution in [0.5, 0.6) is 0 Å². The van der Waals surface area contributed by atoms with E-state index in [2.05, 4.69) is 27.3 Å². The molecule has 0 saturated carbocycles. The van der Waals surface area contributed by atoms with Gasteiger partial charge in [0.1, 0.15) is 11.5 Å². The maximum Gasteiger partial charge on any atom is 0.257 e. The molecule has 1 N–H and O–H groups in total. The van der Waals surface area contributed by atoms with Crippen molar-refractivity contribution in [3.05, 3.63) is 82.5 Å². The Hall–Kier alpha value is -3.96. The van der Waals surface area contributed by atoms with Crippen LogP contribution in [0.4, 0.5) is 21.6 Å². The van der Waals surface area contributed by atoms with Crippen LogP contribution in [0.25, 0.3) is 0 Å². The molecule has 4 rings (SSSR count). The number of hydrogen-bond acceptors (Lipinski definition) is 6. The summed E-state index contributed by atoms with van der Waals surface area (Å²) in [4.78, 5) is 21.6. The molecule has 1 saturated heterocycles. The summed E-state index contributed by atoms with van der Waals surface area (Å²) in [6.07, 6.45) is 2.28. The van der Waals surface area contributed by atoms with Gasteiger partial charge in [0, 0.05) is 64.2 Å². The summed E-state index contributed by atoms with van der Waals surface area (Å²) < 4.78 is 20.9. The standard InChI is InChI=1S/C30H34FN5O2/c1-21-17-22(2)27(36-13-11-30(31,12-14-36)25-8-5-23(19-32)6-9-25)18-26(21)34-29(37)24-7-10-28(33-20-24)35(3)15-16-38-4/h5-10,17-18,20H,11-16H2,1-4H3,(H,34,37). The molecule has 38 heavy (non-hydrogen) atoms. The van der Waals surface area contributed by atoms with E-state index in [0.29, 0.717) is 55.8 Å². The number of carbonyl (C=O) groups excluding carboxylic acids is 1. The third-order valence-electron chi connectivity index (χ3n) is 7.25. The third kappa shape index (κ3) is 5.95. The molecule has 1 amide bonds. The van der Waals surface area contributed by atoms with Crippen LogP contribution in [0.1, 0.15) is 45.5 Å². The highest BCUT2D eigenvalue weighted by atomic mass is 19.1. The molecule has 0 spiro atoms. The van der Waals surface area contributed by atoms with Crippen molar-refractivity contribution in [2.24, 2.45) is 0 Å². The van der Waals surface area contributed by atoms with Gasteiger partial charge in [-0.05, 0) is 60.9 Å². The van der Waals surface area contributed by atoms with Crippen molar-refractivity contribution in [2.75, 3.05) is 55.5 Å². The number of likely N-dealkylation sites (N-methyl/N-ethyl adjacent to an activating group) is 1. The number of aryl methyl sites for hydroxylation is 2. The smallest absolute Gasteiger partial charge is 0.257 e. The second-order valence-corrected chi connectivity index (χ2v) is 9.87. The number of nitrogens with one attached hydrogen (secondary N) is 1. The molecule has 3 aromatic rings. The molecule has 2 heterocycles. The summed E-state index contributed by atoms with van der Waals surface area (Å²) >= 11 is 0. The van der Waals surface area contributed by atoms with Crippen LogP contribution in [-0.4, -0.2) is 51.3 Å². The molecule has 0 radical (unpaired) electrons. The topological polar surface area (TPSA) is 81.5 Å². The Morgan fingerprint density at radius 3 is 2.47 bits per heavy atom. The van der Waals surface area contributed by atoms with Crippen LogP contribution in [0, 0.1) is 25.2 Å². The second kappa shape index (κ2) is 11.6. The number of alkyl halides is 1. The van der Waals surface area contributed by atoms with Gasteiger partial charge in [0.25, 0.3) is 5.91 Å². The van der Waals surface area contributed by atoms with Crippen LogP contribution in [-0.2, 0) is 10.4 Å². The van der Waals surface area contributed by atoms with E-state index in [1.807, 2.05) is 37.9 Å². The minimum atomic E-state index is -1.42. The molecule has 1 aromatic heterocycles. The molecular formula is C30H34FN5O2. The number of nitrogens with zero attached hydrogens (tertiary/aromatic N) is 4. The van der Waals surface area contributed by atoms with Gasteiger partial charge in [-0.2, -0.15) is 5.26 Å². The lowest BCUT2D eigenvalue weighted by Crippen LogP contribution is -2.40. The number of anilines is 3. The SMILES string of the molecule is COCCN(C)c1ccc(C(=O)Nc2cc(N3CCC(F)(c4ccc(C#N)cc4)CC3)c(C)cc2C)cn1. The van der Waals surface area contributed by atoms with E-state index in [1.54, 1.807) is 43.6 Å². The van der Waals surface area contributed by atoms with Gasteiger partial charge < -0.3 is 19.9 Å². The van der Waals surface area contributed by atoms with Gasteiger partial charge >= 0.3 is 0 Å². The van der Waals surface area contributed by atoms with Crippen molar-refractivity contribution < 1.29 is 13.9 Å². The highest BCUT2D eigenvalue weighted by molar-refractivity contribution is 6.04. The first-order valence-electron chi connectivity index (χ1n) is 12.8. The van der Waals surface area contributed by atoms with Crippen LogP contribution >= 0.6 is 0 Å². The van der Waals surface area contributed by atoms with Crippen molar-refractivity contribution in [1.82, 2.24) is 4.98 Å². The number of hydrogen-bond donors (Lipinski definition) is 1.